The van der Waals surface area contributed by atoms with Gasteiger partial charge in [0, 0.05) is 26.1 Å². The van der Waals surface area contributed by atoms with Gasteiger partial charge in [-0.1, -0.05) is 23.7 Å². The minimum absolute atomic E-state index is 0.256. The lowest BCUT2D eigenvalue weighted by Gasteiger charge is -2.29. The number of benzene rings is 1. The zero-order valence-corrected chi connectivity index (χ0v) is 11.3. The molecule has 16 heavy (non-hydrogen) atoms. The molecule has 0 aliphatic heterocycles. The highest BCUT2D eigenvalue weighted by Gasteiger charge is 2.15. The van der Waals surface area contributed by atoms with Gasteiger partial charge in [0.05, 0.1) is 17.3 Å². The molecule has 0 saturated heterocycles. The molecule has 1 aromatic rings. The Kier molecular flexibility index (Phi) is 5.39. The fraction of sp³-hybridized carbons (Fsp3) is 0.500. The molecule has 0 spiro atoms. The minimum atomic E-state index is 0.256. The van der Waals surface area contributed by atoms with Crippen molar-refractivity contribution >= 4 is 28.9 Å². The average Bonchev–Trinajstić information content (AvgIpc) is 2.28. The first kappa shape index (κ1) is 13.6. The fourth-order valence-electron chi connectivity index (χ4n) is 1.64. The number of methoxy groups -OCH3 is 1. The van der Waals surface area contributed by atoms with Crippen molar-refractivity contribution in [2.75, 3.05) is 25.7 Å². The van der Waals surface area contributed by atoms with Crippen LogP contribution in [-0.4, -0.2) is 26.8 Å². The Morgan fingerprint density at radius 3 is 2.69 bits per heavy atom. The summed E-state index contributed by atoms with van der Waals surface area (Å²) in [7, 11) is 3.69. The number of para-hydroxylation sites is 1. The van der Waals surface area contributed by atoms with Gasteiger partial charge in [-0.25, -0.2) is 0 Å². The summed E-state index contributed by atoms with van der Waals surface area (Å²) in [6.07, 6.45) is 0. The molecule has 0 bridgehead atoms. The summed E-state index contributed by atoms with van der Waals surface area (Å²) >= 11 is 12.1. The van der Waals surface area contributed by atoms with Crippen molar-refractivity contribution < 1.29 is 4.74 Å². The molecule has 2 nitrogen and oxygen atoms in total. The molecule has 1 rings (SSSR count). The minimum Gasteiger partial charge on any atom is -0.383 e. The second kappa shape index (κ2) is 6.33. The van der Waals surface area contributed by atoms with Gasteiger partial charge in [0.25, 0.3) is 0 Å². The van der Waals surface area contributed by atoms with Gasteiger partial charge in [0.2, 0.25) is 0 Å². The van der Waals surface area contributed by atoms with Crippen LogP contribution in [0.2, 0.25) is 5.02 Å². The molecule has 0 N–H and O–H groups in total. The first-order valence-electron chi connectivity index (χ1n) is 5.17. The van der Waals surface area contributed by atoms with Crippen LogP contribution in [0.4, 0.5) is 5.69 Å². The van der Waals surface area contributed by atoms with E-state index in [1.165, 1.54) is 0 Å². The van der Waals surface area contributed by atoms with Crippen molar-refractivity contribution in [3.63, 3.8) is 0 Å². The first-order valence-corrected chi connectivity index (χ1v) is 6.08. The lowest BCUT2D eigenvalue weighted by Crippen LogP contribution is -2.33. The number of anilines is 1. The van der Waals surface area contributed by atoms with E-state index in [1.54, 1.807) is 7.11 Å². The number of ether oxygens (including phenoxy) is 1. The largest absolute Gasteiger partial charge is 0.383 e. The number of halogens is 2. The van der Waals surface area contributed by atoms with Gasteiger partial charge in [0.1, 0.15) is 0 Å². The Morgan fingerprint density at radius 2 is 2.12 bits per heavy atom. The van der Waals surface area contributed by atoms with Crippen molar-refractivity contribution in [3.8, 4) is 0 Å². The molecular formula is C12H17Cl2NO. The maximum Gasteiger partial charge on any atom is 0.0663 e. The smallest absolute Gasteiger partial charge is 0.0663 e. The van der Waals surface area contributed by atoms with Crippen LogP contribution >= 0.6 is 23.2 Å². The summed E-state index contributed by atoms with van der Waals surface area (Å²) in [5.41, 5.74) is 2.03. The third-order valence-electron chi connectivity index (χ3n) is 2.64. The van der Waals surface area contributed by atoms with Crippen LogP contribution in [0.15, 0.2) is 18.2 Å². The van der Waals surface area contributed by atoms with Gasteiger partial charge in [0.15, 0.2) is 0 Å². The summed E-state index contributed by atoms with van der Waals surface area (Å²) in [4.78, 5) is 2.10. The van der Waals surface area contributed by atoms with E-state index in [4.69, 9.17) is 27.9 Å². The van der Waals surface area contributed by atoms with E-state index in [0.29, 0.717) is 12.5 Å². The van der Waals surface area contributed by atoms with Crippen LogP contribution in [0.1, 0.15) is 12.5 Å². The number of alkyl halides is 1. The van der Waals surface area contributed by atoms with Gasteiger partial charge < -0.3 is 9.64 Å². The van der Waals surface area contributed by atoms with E-state index < -0.39 is 0 Å². The molecule has 0 saturated carbocycles. The van der Waals surface area contributed by atoms with E-state index in [9.17, 15) is 0 Å². The second-order valence-electron chi connectivity index (χ2n) is 3.80. The van der Waals surface area contributed by atoms with Crippen LogP contribution in [0.25, 0.3) is 0 Å². The SMILES string of the molecule is COCC(C)N(C)c1c(Cl)cccc1CCl. The molecule has 0 amide bonds. The average molecular weight is 262 g/mol. The van der Waals surface area contributed by atoms with Crippen molar-refractivity contribution in [2.24, 2.45) is 0 Å². The summed E-state index contributed by atoms with van der Waals surface area (Å²) < 4.78 is 5.14. The summed E-state index contributed by atoms with van der Waals surface area (Å²) in [6, 6.07) is 6.04. The quantitative estimate of drug-likeness (QED) is 0.752. The van der Waals surface area contributed by atoms with Crippen LogP contribution in [0.5, 0.6) is 0 Å². The Bertz CT molecular complexity index is 344. The fourth-order valence-corrected chi connectivity index (χ4v) is 2.18. The van der Waals surface area contributed by atoms with Crippen LogP contribution in [0, 0.1) is 0 Å². The number of hydrogen-bond donors (Lipinski definition) is 0. The molecule has 0 aliphatic rings. The van der Waals surface area contributed by atoms with Crippen molar-refractivity contribution in [1.82, 2.24) is 0 Å². The third kappa shape index (κ3) is 3.03. The predicted octanol–water partition coefficient (Wildman–Crippen LogP) is 3.55. The normalized spacial score (nSPS) is 12.6. The maximum atomic E-state index is 6.21. The topological polar surface area (TPSA) is 12.5 Å². The van der Waals surface area contributed by atoms with Gasteiger partial charge in [-0.15, -0.1) is 11.6 Å². The number of likely N-dealkylation sites (N-methyl/N-ethyl adjacent to an activating group) is 1. The number of nitrogens with zero attached hydrogens (tertiary/aromatic N) is 1. The van der Waals surface area contributed by atoms with Crippen molar-refractivity contribution in [1.29, 1.82) is 0 Å². The number of rotatable bonds is 5. The summed E-state index contributed by atoms with van der Waals surface area (Å²) in [5.74, 6) is 0.458. The number of hydrogen-bond acceptors (Lipinski definition) is 2. The van der Waals surface area contributed by atoms with E-state index in [0.717, 1.165) is 16.3 Å². The van der Waals surface area contributed by atoms with Crippen LogP contribution in [0.3, 0.4) is 0 Å². The molecule has 0 heterocycles. The summed E-state index contributed by atoms with van der Waals surface area (Å²) in [6.45, 7) is 2.74. The zero-order valence-electron chi connectivity index (χ0n) is 9.84. The monoisotopic (exact) mass is 261 g/mol. The van der Waals surface area contributed by atoms with Gasteiger partial charge in [-0.05, 0) is 18.6 Å². The van der Waals surface area contributed by atoms with Gasteiger partial charge in [-0.2, -0.15) is 0 Å². The molecule has 0 fully saturated rings. The van der Waals surface area contributed by atoms with Crippen molar-refractivity contribution in [3.05, 3.63) is 28.8 Å². The molecule has 1 aromatic carbocycles. The summed E-state index contributed by atoms with van der Waals surface area (Å²) in [5, 5.41) is 0.726. The van der Waals surface area contributed by atoms with Crippen LogP contribution < -0.4 is 4.90 Å². The Hall–Kier alpha value is -0.440. The highest BCUT2D eigenvalue weighted by atomic mass is 35.5. The van der Waals surface area contributed by atoms with Crippen LogP contribution in [-0.2, 0) is 10.6 Å². The third-order valence-corrected chi connectivity index (χ3v) is 3.23. The molecule has 0 radical (unpaired) electrons. The molecule has 4 heteroatoms. The molecule has 1 atom stereocenters. The lowest BCUT2D eigenvalue weighted by atomic mass is 10.1. The Balaban J connectivity index is 3.01. The highest BCUT2D eigenvalue weighted by Crippen LogP contribution is 2.31. The predicted molar refractivity (Wildman–Crippen MR) is 70.8 cm³/mol. The first-order chi connectivity index (χ1) is 7.61. The van der Waals surface area contributed by atoms with E-state index >= 15 is 0 Å². The van der Waals surface area contributed by atoms with Crippen molar-refractivity contribution in [2.45, 2.75) is 18.8 Å². The molecule has 0 aromatic heterocycles. The zero-order chi connectivity index (χ0) is 12.1. The van der Waals surface area contributed by atoms with E-state index in [2.05, 4.69) is 11.8 Å². The second-order valence-corrected chi connectivity index (χ2v) is 4.47. The molecule has 90 valence electrons. The standard InChI is InChI=1S/C12H17Cl2NO/c1-9(8-16-3)15(2)12-10(7-13)5-4-6-11(12)14/h4-6,9H,7-8H2,1-3H3. The van der Waals surface area contributed by atoms with Gasteiger partial charge in [-0.3, -0.25) is 0 Å². The lowest BCUT2D eigenvalue weighted by molar-refractivity contribution is 0.183. The molecular weight excluding hydrogens is 245 g/mol. The van der Waals surface area contributed by atoms with E-state index in [1.807, 2.05) is 25.2 Å². The van der Waals surface area contributed by atoms with E-state index in [-0.39, 0.29) is 6.04 Å². The Morgan fingerprint density at radius 1 is 1.44 bits per heavy atom. The molecule has 1 unspecified atom stereocenters. The van der Waals surface area contributed by atoms with Gasteiger partial charge >= 0.3 is 0 Å². The molecule has 0 aliphatic carbocycles. The highest BCUT2D eigenvalue weighted by molar-refractivity contribution is 6.33. The Labute approximate surface area is 107 Å². The maximum absolute atomic E-state index is 6.21.